The molecule has 16 atom stereocenters. The molecule has 1 aliphatic carbocycles. The van der Waals surface area contributed by atoms with E-state index in [0.29, 0.717) is 76.2 Å². The second-order valence-electron chi connectivity index (χ2n) is 20.2. The van der Waals surface area contributed by atoms with Crippen LogP contribution >= 0.6 is 0 Å². The topological polar surface area (TPSA) is 178 Å². The fourth-order valence-electron chi connectivity index (χ4n) is 10.4. The van der Waals surface area contributed by atoms with E-state index in [1.165, 1.54) is 12.0 Å². The Kier molecular flexibility index (Phi) is 21.3. The molecule has 0 aromatic rings. The predicted molar refractivity (Wildman–Crippen MR) is 249 cm³/mol. The van der Waals surface area contributed by atoms with E-state index in [0.717, 1.165) is 12.0 Å². The van der Waals surface area contributed by atoms with E-state index in [1.54, 1.807) is 28.1 Å². The number of Topliss-reactive ketones (excluding diaryl/α,β-unsaturated/α-hetero) is 2. The van der Waals surface area contributed by atoms with Gasteiger partial charge in [0.15, 0.2) is 5.78 Å². The summed E-state index contributed by atoms with van der Waals surface area (Å²) in [6.45, 7) is 15.7. The van der Waals surface area contributed by atoms with Crippen LogP contribution in [0.25, 0.3) is 0 Å². The lowest BCUT2D eigenvalue weighted by molar-refractivity contribution is -0.265. The molecule has 2 saturated heterocycles. The highest BCUT2D eigenvalue weighted by molar-refractivity contribution is 6.39. The Morgan fingerprint density at radius 1 is 0.831 bits per heavy atom. The molecule has 4 rings (SSSR count). The zero-order valence-corrected chi connectivity index (χ0v) is 41.3. The number of aliphatic hydroxyl groups excluding tert-OH is 2. The van der Waals surface area contributed by atoms with Crippen molar-refractivity contribution >= 4 is 23.4 Å². The van der Waals surface area contributed by atoms with Gasteiger partial charge in [0.05, 0.1) is 24.4 Å². The molecule has 13 heteroatoms. The van der Waals surface area contributed by atoms with E-state index in [1.807, 2.05) is 64.2 Å². The van der Waals surface area contributed by atoms with Crippen molar-refractivity contribution in [1.29, 1.82) is 0 Å². The summed E-state index contributed by atoms with van der Waals surface area (Å²) in [7, 11) is 4.65. The quantitative estimate of drug-likeness (QED) is 0.138. The number of fused-ring (bicyclic) bond motifs is 3. The maximum absolute atomic E-state index is 14.5. The number of allylic oxidation sites excluding steroid dienone is 6. The number of cyclic esters (lactones) is 1. The van der Waals surface area contributed by atoms with Gasteiger partial charge in [-0.05, 0) is 125 Å². The van der Waals surface area contributed by atoms with Gasteiger partial charge in [-0.2, -0.15) is 0 Å². The second-order valence-corrected chi connectivity index (χ2v) is 20.2. The summed E-state index contributed by atoms with van der Waals surface area (Å²) in [5, 5.41) is 34.0. The summed E-state index contributed by atoms with van der Waals surface area (Å²) in [4.78, 5) is 58.0. The highest BCUT2D eigenvalue weighted by atomic mass is 16.6. The molecular weight excluding hydrogens is 831 g/mol. The zero-order chi connectivity index (χ0) is 48.2. The zero-order valence-electron chi connectivity index (χ0n) is 41.3. The number of nitrogens with zero attached hydrogens (tertiary/aromatic N) is 1. The van der Waals surface area contributed by atoms with E-state index in [2.05, 4.69) is 13.8 Å². The Labute approximate surface area is 389 Å². The van der Waals surface area contributed by atoms with Gasteiger partial charge < -0.3 is 43.9 Å². The molecule has 0 aromatic heterocycles. The molecule has 15 unspecified atom stereocenters. The van der Waals surface area contributed by atoms with Crippen LogP contribution in [0.15, 0.2) is 47.6 Å². The van der Waals surface area contributed by atoms with Gasteiger partial charge in [0, 0.05) is 46.1 Å². The second kappa shape index (κ2) is 25.4. The molecule has 3 aliphatic heterocycles. The summed E-state index contributed by atoms with van der Waals surface area (Å²) >= 11 is 0. The molecule has 3 fully saturated rings. The predicted octanol–water partition coefficient (Wildman–Crippen LogP) is 7.25. The van der Waals surface area contributed by atoms with Crippen molar-refractivity contribution in [1.82, 2.24) is 4.90 Å². The van der Waals surface area contributed by atoms with Gasteiger partial charge >= 0.3 is 5.97 Å². The Bertz CT molecular complexity index is 1710. The summed E-state index contributed by atoms with van der Waals surface area (Å²) in [5.41, 5.74) is 1.51. The average Bonchev–Trinajstić information content (AvgIpc) is 3.28. The highest BCUT2D eigenvalue weighted by Gasteiger charge is 2.53. The van der Waals surface area contributed by atoms with Crippen LogP contribution in [0.5, 0.6) is 0 Å². The summed E-state index contributed by atoms with van der Waals surface area (Å²) in [5.74, 6) is -6.22. The number of amides is 1. The van der Waals surface area contributed by atoms with Crippen molar-refractivity contribution in [2.75, 3.05) is 27.9 Å². The van der Waals surface area contributed by atoms with Crippen molar-refractivity contribution in [3.63, 3.8) is 0 Å². The first kappa shape index (κ1) is 54.6. The first-order chi connectivity index (χ1) is 30.7. The van der Waals surface area contributed by atoms with Crippen LogP contribution in [0.3, 0.4) is 0 Å². The van der Waals surface area contributed by atoms with Gasteiger partial charge in [0.1, 0.15) is 24.4 Å². The van der Waals surface area contributed by atoms with Gasteiger partial charge in [0.2, 0.25) is 5.79 Å². The van der Waals surface area contributed by atoms with Gasteiger partial charge in [-0.25, -0.2) is 4.79 Å². The summed E-state index contributed by atoms with van der Waals surface area (Å²) < 4.78 is 29.8. The molecule has 3 N–H and O–H groups in total. The lowest BCUT2D eigenvalue weighted by Gasteiger charge is -2.43. The third-order valence-corrected chi connectivity index (χ3v) is 15.1. The smallest absolute Gasteiger partial charge is 0.329 e. The Morgan fingerprint density at radius 3 is 2.23 bits per heavy atom. The van der Waals surface area contributed by atoms with Crippen LogP contribution in [-0.2, 0) is 42.9 Å². The molecule has 3 heterocycles. The Hall–Kier alpha value is -3.04. The molecule has 4 aliphatic rings. The first-order valence-electron chi connectivity index (χ1n) is 24.4. The lowest BCUT2D eigenvalue weighted by atomic mass is 9.77. The third kappa shape index (κ3) is 14.5. The molecule has 0 radical (unpaired) electrons. The number of methoxy groups -OCH3 is 3. The monoisotopic (exact) mass is 914 g/mol. The van der Waals surface area contributed by atoms with Crippen LogP contribution in [0, 0.1) is 41.4 Å². The Morgan fingerprint density at radius 2 is 1.55 bits per heavy atom. The molecule has 13 nitrogen and oxygen atoms in total. The maximum atomic E-state index is 14.5. The summed E-state index contributed by atoms with van der Waals surface area (Å²) in [6, 6.07) is -1.03. The van der Waals surface area contributed by atoms with Crippen molar-refractivity contribution in [3.8, 4) is 0 Å². The minimum absolute atomic E-state index is 0.0554. The number of aliphatic hydroxyl groups is 3. The minimum Gasteiger partial charge on any atom is -0.461 e. The van der Waals surface area contributed by atoms with E-state index >= 15 is 0 Å². The van der Waals surface area contributed by atoms with Crippen molar-refractivity contribution in [3.05, 3.63) is 47.6 Å². The van der Waals surface area contributed by atoms with Crippen molar-refractivity contribution in [2.24, 2.45) is 41.4 Å². The molecule has 368 valence electrons. The average molecular weight is 914 g/mol. The molecule has 1 amide bonds. The number of carbonyl (C=O) groups is 4. The van der Waals surface area contributed by atoms with Crippen LogP contribution in [0.1, 0.15) is 132 Å². The van der Waals surface area contributed by atoms with Crippen LogP contribution in [-0.4, -0.2) is 126 Å². The molecule has 65 heavy (non-hydrogen) atoms. The van der Waals surface area contributed by atoms with E-state index in [-0.39, 0.29) is 53.9 Å². The number of ketones is 2. The third-order valence-electron chi connectivity index (χ3n) is 15.1. The number of piperidine rings is 1. The number of hydrogen-bond donors (Lipinski definition) is 3. The standard InChI is InChI=1S/C52H83NO12/c1-31-17-13-12-14-18-32(2)43(61-9)30-40-22-20-38(8)52(60,65-40)49(57)50(58)53-24-16-15-19-41(53)51(59)64-44(35(5)27-39-21-23-42(54)45(29-39)62-10)28-34(4)33(3)26-37(7)47(56)48(63-11)46(55)36(6)25-31/h12-14,17-18,26,31,33-36,38-45,47-48,54,56,60H,15-16,19-25,27-30H2,1-11H3/b14-12+,17-13+,32-18+,37-26+/t31?,33?,34?,35?,36-,38?,39?,40?,41?,42?,43?,44?,45?,47?,48?,52?/m1/s1. The van der Waals surface area contributed by atoms with Gasteiger partial charge in [-0.1, -0.05) is 78.0 Å². The van der Waals surface area contributed by atoms with Crippen LogP contribution in [0.4, 0.5) is 0 Å². The number of ether oxygens (including phenoxy) is 5. The van der Waals surface area contributed by atoms with Gasteiger partial charge in [-0.15, -0.1) is 0 Å². The molecule has 0 aromatic carbocycles. The molecule has 0 spiro atoms. The highest BCUT2D eigenvalue weighted by Crippen LogP contribution is 2.38. The maximum Gasteiger partial charge on any atom is 0.329 e. The fraction of sp³-hybridized carbons (Fsp3) is 0.769. The van der Waals surface area contributed by atoms with Gasteiger partial charge in [0.25, 0.3) is 11.7 Å². The number of esters is 1. The van der Waals surface area contributed by atoms with E-state index in [9.17, 15) is 34.5 Å². The van der Waals surface area contributed by atoms with E-state index in [4.69, 9.17) is 23.7 Å². The first-order valence-corrected chi connectivity index (χ1v) is 24.4. The van der Waals surface area contributed by atoms with Crippen molar-refractivity contribution < 1.29 is 58.2 Å². The van der Waals surface area contributed by atoms with Gasteiger partial charge in [-0.3, -0.25) is 14.4 Å². The number of carbonyl (C=O) groups excluding carboxylic acids is 4. The number of hydrogen-bond acceptors (Lipinski definition) is 12. The fourth-order valence-corrected chi connectivity index (χ4v) is 10.4. The minimum atomic E-state index is -2.38. The Balaban J connectivity index is 1.70. The number of rotatable bonds is 6. The lowest BCUT2D eigenvalue weighted by Crippen LogP contribution is -2.61. The molecule has 1 saturated carbocycles. The van der Waals surface area contributed by atoms with Crippen molar-refractivity contribution in [2.45, 2.75) is 187 Å². The van der Waals surface area contributed by atoms with Crippen LogP contribution < -0.4 is 0 Å². The normalized spacial score (nSPS) is 41.5. The SMILES string of the molecule is COC1CC2CCC(C)C(O)(O2)C(=O)C(=O)N2CCCCC2C(=O)OC(C(C)CC2CCC(O)C(OC)C2)CC(C)C(C)/C=C(\C)C(O)C(OC)C(=O)[C@H](C)CC(C)/C=C/C=C/C=C/1C. The van der Waals surface area contributed by atoms with E-state index < -0.39 is 72.0 Å². The summed E-state index contributed by atoms with van der Waals surface area (Å²) in [6.07, 6.45) is 13.8. The largest absolute Gasteiger partial charge is 0.461 e. The molecule has 2 bridgehead atoms. The van der Waals surface area contributed by atoms with Crippen LogP contribution in [0.2, 0.25) is 0 Å². The molecular formula is C52H83NO12.